The summed E-state index contributed by atoms with van der Waals surface area (Å²) in [5, 5.41) is 1.91. The number of unbranched alkanes of at least 4 members (excludes halogenated alkanes) is 20. The molecule has 0 spiro atoms. The zero-order chi connectivity index (χ0) is 28.9. The van der Waals surface area contributed by atoms with Crippen molar-refractivity contribution < 1.29 is 42.5 Å². The maximum absolute atomic E-state index is 11.6. The molecule has 0 aromatic heterocycles. The molecule has 2 aromatic rings. The van der Waals surface area contributed by atoms with E-state index in [-0.39, 0.29) is 34.5 Å². The van der Waals surface area contributed by atoms with Gasteiger partial charge in [-0.15, -0.1) is 0 Å². The minimum absolute atomic E-state index is 0. The van der Waals surface area contributed by atoms with E-state index in [9.17, 15) is 13.0 Å². The number of hydrogen-bond acceptors (Lipinski definition) is 3. The smallest absolute Gasteiger partial charge is 0.744 e. The standard InChI is InChI=1S/C36H60O3S.Na/c1-3-5-7-9-11-13-15-17-19-21-23-25-32-29-34-27-28-36(40(37,38)39)31-35(34)30-33(32)26-24-22-20-18-16-14-12-10-8-6-4-2;/h27-31H,3-26H2,1-2H3,(H,37,38,39);/q;+1/p-1. The molecule has 0 aliphatic carbocycles. The Balaban J connectivity index is 0.00000840. The minimum atomic E-state index is -4.44. The summed E-state index contributed by atoms with van der Waals surface area (Å²) in [7, 11) is -4.44. The fourth-order valence-electron chi connectivity index (χ4n) is 5.95. The Kier molecular flexibility index (Phi) is 22.6. The van der Waals surface area contributed by atoms with E-state index in [1.165, 1.54) is 158 Å². The zero-order valence-electron chi connectivity index (χ0n) is 27.0. The third-order valence-electron chi connectivity index (χ3n) is 8.52. The van der Waals surface area contributed by atoms with E-state index < -0.39 is 10.1 Å². The summed E-state index contributed by atoms with van der Waals surface area (Å²) >= 11 is 0. The van der Waals surface area contributed by atoms with E-state index in [4.69, 9.17) is 0 Å². The van der Waals surface area contributed by atoms with Crippen LogP contribution in [-0.4, -0.2) is 13.0 Å². The number of hydrogen-bond donors (Lipinski definition) is 0. The Morgan fingerprint density at radius 3 is 1.20 bits per heavy atom. The average molecular weight is 595 g/mol. The SMILES string of the molecule is CCCCCCCCCCCCCc1cc2ccc(S(=O)(=O)[O-])cc2cc1CCCCCCCCCCCCC.[Na+]. The summed E-state index contributed by atoms with van der Waals surface area (Å²) in [6.45, 7) is 4.55. The molecule has 0 bridgehead atoms. The Morgan fingerprint density at radius 2 is 0.829 bits per heavy atom. The van der Waals surface area contributed by atoms with E-state index in [2.05, 4.69) is 26.0 Å². The van der Waals surface area contributed by atoms with Gasteiger partial charge in [0.25, 0.3) is 0 Å². The summed E-state index contributed by atoms with van der Waals surface area (Å²) in [5.74, 6) is 0. The Bertz CT molecular complexity index is 1030. The molecule has 0 amide bonds. The first kappa shape index (κ1) is 38.6. The number of benzene rings is 2. The van der Waals surface area contributed by atoms with Gasteiger partial charge < -0.3 is 4.55 Å². The molecule has 0 atom stereocenters. The second-order valence-corrected chi connectivity index (χ2v) is 13.5. The van der Waals surface area contributed by atoms with Crippen LogP contribution in [0.2, 0.25) is 0 Å². The van der Waals surface area contributed by atoms with E-state index in [1.54, 1.807) is 12.1 Å². The van der Waals surface area contributed by atoms with Gasteiger partial charge in [0.1, 0.15) is 10.1 Å². The Labute approximate surface area is 276 Å². The van der Waals surface area contributed by atoms with Crippen molar-refractivity contribution in [3.8, 4) is 0 Å². The van der Waals surface area contributed by atoms with Gasteiger partial charge in [-0.3, -0.25) is 0 Å². The summed E-state index contributed by atoms with van der Waals surface area (Å²) in [6, 6.07) is 9.24. The fourth-order valence-corrected chi connectivity index (χ4v) is 6.46. The molecular weight excluding hydrogens is 535 g/mol. The predicted octanol–water partition coefficient (Wildman–Crippen LogP) is 8.45. The molecule has 0 N–H and O–H groups in total. The molecule has 41 heavy (non-hydrogen) atoms. The molecule has 0 heterocycles. The van der Waals surface area contributed by atoms with Gasteiger partial charge in [0, 0.05) is 0 Å². The molecule has 0 saturated heterocycles. The molecule has 0 unspecified atom stereocenters. The van der Waals surface area contributed by atoms with E-state index >= 15 is 0 Å². The van der Waals surface area contributed by atoms with Gasteiger partial charge in [-0.2, -0.15) is 0 Å². The van der Waals surface area contributed by atoms with Crippen molar-refractivity contribution >= 4 is 20.9 Å². The quantitative estimate of drug-likeness (QED) is 0.0658. The van der Waals surface area contributed by atoms with Gasteiger partial charge in [-0.25, -0.2) is 8.42 Å². The number of fused-ring (bicyclic) bond motifs is 1. The molecule has 0 radical (unpaired) electrons. The van der Waals surface area contributed by atoms with Crippen LogP contribution in [0, 0.1) is 0 Å². The summed E-state index contributed by atoms with van der Waals surface area (Å²) in [4.78, 5) is -0.126. The van der Waals surface area contributed by atoms with Gasteiger partial charge in [-0.1, -0.05) is 160 Å². The first-order valence-corrected chi connectivity index (χ1v) is 18.4. The number of aryl methyl sites for hydroxylation is 2. The van der Waals surface area contributed by atoms with Crippen molar-refractivity contribution in [2.24, 2.45) is 0 Å². The van der Waals surface area contributed by atoms with Crippen LogP contribution in [0.5, 0.6) is 0 Å². The van der Waals surface area contributed by atoms with Gasteiger partial charge in [-0.05, 0) is 59.7 Å². The van der Waals surface area contributed by atoms with Crippen molar-refractivity contribution in [3.63, 3.8) is 0 Å². The molecule has 5 heteroatoms. The molecule has 2 aromatic carbocycles. The van der Waals surface area contributed by atoms with Crippen LogP contribution in [0.25, 0.3) is 10.8 Å². The molecule has 3 nitrogen and oxygen atoms in total. The summed E-state index contributed by atoms with van der Waals surface area (Å²) < 4.78 is 34.8. The van der Waals surface area contributed by atoms with Crippen molar-refractivity contribution in [2.75, 3.05) is 0 Å². The molecule has 2 rings (SSSR count). The van der Waals surface area contributed by atoms with E-state index in [0.29, 0.717) is 0 Å². The summed E-state index contributed by atoms with van der Waals surface area (Å²) in [6.07, 6.45) is 31.6. The van der Waals surface area contributed by atoms with E-state index in [0.717, 1.165) is 23.6 Å². The van der Waals surface area contributed by atoms with Crippen molar-refractivity contribution in [3.05, 3.63) is 41.5 Å². The van der Waals surface area contributed by atoms with Crippen LogP contribution in [0.3, 0.4) is 0 Å². The maximum atomic E-state index is 11.6. The molecule has 0 aliphatic heterocycles. The fraction of sp³-hybridized carbons (Fsp3) is 0.722. The van der Waals surface area contributed by atoms with Crippen LogP contribution in [-0.2, 0) is 23.0 Å². The average Bonchev–Trinajstić information content (AvgIpc) is 2.93. The molecule has 0 saturated carbocycles. The summed E-state index contributed by atoms with van der Waals surface area (Å²) in [5.41, 5.74) is 2.75. The predicted molar refractivity (Wildman–Crippen MR) is 172 cm³/mol. The largest absolute Gasteiger partial charge is 1.00 e. The van der Waals surface area contributed by atoms with Gasteiger partial charge >= 0.3 is 29.6 Å². The van der Waals surface area contributed by atoms with Crippen molar-refractivity contribution in [2.45, 2.75) is 173 Å². The van der Waals surface area contributed by atoms with Gasteiger partial charge in [0.05, 0.1) is 4.90 Å². The number of rotatable bonds is 25. The topological polar surface area (TPSA) is 57.2 Å². The normalized spacial score (nSPS) is 11.7. The third-order valence-corrected chi connectivity index (χ3v) is 9.35. The second kappa shape index (κ2) is 24.0. The maximum Gasteiger partial charge on any atom is 1.00 e. The van der Waals surface area contributed by atoms with Crippen LogP contribution < -0.4 is 29.6 Å². The molecule has 0 aliphatic rings. The second-order valence-electron chi connectivity index (χ2n) is 12.2. The minimum Gasteiger partial charge on any atom is -0.744 e. The van der Waals surface area contributed by atoms with Crippen molar-refractivity contribution in [1.29, 1.82) is 0 Å². The Hall–Kier alpha value is -0.390. The van der Waals surface area contributed by atoms with Gasteiger partial charge in [0.2, 0.25) is 0 Å². The third kappa shape index (κ3) is 17.5. The molecule has 228 valence electrons. The van der Waals surface area contributed by atoms with Gasteiger partial charge in [0.15, 0.2) is 0 Å². The monoisotopic (exact) mass is 594 g/mol. The van der Waals surface area contributed by atoms with Crippen LogP contribution in [0.1, 0.15) is 166 Å². The van der Waals surface area contributed by atoms with E-state index in [1.807, 2.05) is 0 Å². The Morgan fingerprint density at radius 1 is 0.488 bits per heavy atom. The molecular formula is C36H59NaO3S. The zero-order valence-corrected chi connectivity index (χ0v) is 29.8. The van der Waals surface area contributed by atoms with Crippen LogP contribution >= 0.6 is 0 Å². The van der Waals surface area contributed by atoms with Crippen LogP contribution in [0.15, 0.2) is 35.2 Å². The molecule has 0 fully saturated rings. The van der Waals surface area contributed by atoms with Crippen molar-refractivity contribution in [1.82, 2.24) is 0 Å². The first-order chi connectivity index (χ1) is 19.5. The van der Waals surface area contributed by atoms with Crippen LogP contribution in [0.4, 0.5) is 0 Å². The first-order valence-electron chi connectivity index (χ1n) is 17.0.